The van der Waals surface area contributed by atoms with Crippen LogP contribution in [0.3, 0.4) is 0 Å². The third kappa shape index (κ3) is 5.88. The van der Waals surface area contributed by atoms with Crippen LogP contribution in [0, 0.1) is 11.3 Å². The number of aromatic nitrogens is 1. The van der Waals surface area contributed by atoms with Crippen molar-refractivity contribution in [2.75, 3.05) is 6.54 Å². The number of rotatable bonds is 8. The van der Waals surface area contributed by atoms with Crippen LogP contribution in [-0.2, 0) is 17.8 Å². The summed E-state index contributed by atoms with van der Waals surface area (Å²) >= 11 is 9.42. The molecule has 0 aliphatic carbocycles. The van der Waals surface area contributed by atoms with Crippen molar-refractivity contribution in [3.63, 3.8) is 0 Å². The lowest BCUT2D eigenvalue weighted by molar-refractivity contribution is -0.117. The predicted octanol–water partition coefficient (Wildman–Crippen LogP) is 6.43. The van der Waals surface area contributed by atoms with Crippen molar-refractivity contribution in [1.29, 1.82) is 5.26 Å². The van der Waals surface area contributed by atoms with Crippen LogP contribution in [0.4, 0.5) is 0 Å². The largest absolute Gasteiger partial charge is 0.488 e. The minimum absolute atomic E-state index is 0.0423. The first-order chi connectivity index (χ1) is 16.5. The number of fused-ring (bicyclic) bond motifs is 1. The van der Waals surface area contributed by atoms with Crippen LogP contribution in [0.25, 0.3) is 17.0 Å². The third-order valence-electron chi connectivity index (χ3n) is 5.29. The molecule has 1 amide bonds. The highest BCUT2D eigenvalue weighted by molar-refractivity contribution is 9.10. The van der Waals surface area contributed by atoms with Gasteiger partial charge in [-0.15, -0.1) is 0 Å². The molecule has 0 fully saturated rings. The Morgan fingerprint density at radius 3 is 2.71 bits per heavy atom. The molecule has 4 aromatic rings. The second-order valence-corrected chi connectivity index (χ2v) is 8.93. The van der Waals surface area contributed by atoms with Gasteiger partial charge < -0.3 is 15.0 Å². The minimum Gasteiger partial charge on any atom is -0.488 e. The standard InChI is InChI=1S/C27H21BrClN3O2/c28-24-14-19(7-10-26(24)34-17-18-5-8-22(29)9-6-18)13-21(15-30)27(33)31-12-11-20-16-32-25-4-2-1-3-23(20)25/h1-10,13-14,16,32H,11-12,17H2,(H,31,33)/b21-13-. The van der Waals surface area contributed by atoms with E-state index in [2.05, 4.69) is 26.2 Å². The molecule has 34 heavy (non-hydrogen) atoms. The van der Waals surface area contributed by atoms with Crippen molar-refractivity contribution in [2.24, 2.45) is 0 Å². The van der Waals surface area contributed by atoms with Crippen molar-refractivity contribution in [3.8, 4) is 11.8 Å². The molecule has 0 saturated carbocycles. The maximum Gasteiger partial charge on any atom is 0.261 e. The molecule has 3 aromatic carbocycles. The monoisotopic (exact) mass is 533 g/mol. The quantitative estimate of drug-likeness (QED) is 0.202. The van der Waals surface area contributed by atoms with Gasteiger partial charge in [-0.05, 0) is 75.4 Å². The molecule has 7 heteroatoms. The highest BCUT2D eigenvalue weighted by Gasteiger charge is 2.11. The van der Waals surface area contributed by atoms with Gasteiger partial charge in [0.1, 0.15) is 24.0 Å². The number of benzene rings is 3. The number of carbonyl (C=O) groups excluding carboxylic acids is 1. The summed E-state index contributed by atoms with van der Waals surface area (Å²) in [6.45, 7) is 0.827. The number of hydrogen-bond acceptors (Lipinski definition) is 3. The van der Waals surface area contributed by atoms with Crippen molar-refractivity contribution >= 4 is 50.4 Å². The summed E-state index contributed by atoms with van der Waals surface area (Å²) in [7, 11) is 0. The van der Waals surface area contributed by atoms with E-state index in [9.17, 15) is 10.1 Å². The lowest BCUT2D eigenvalue weighted by atomic mass is 10.1. The number of nitrogens with zero attached hydrogens (tertiary/aromatic N) is 1. The molecule has 0 bridgehead atoms. The molecule has 0 spiro atoms. The highest BCUT2D eigenvalue weighted by atomic mass is 79.9. The van der Waals surface area contributed by atoms with E-state index in [-0.39, 0.29) is 5.57 Å². The van der Waals surface area contributed by atoms with Crippen LogP contribution < -0.4 is 10.1 Å². The maximum atomic E-state index is 12.6. The van der Waals surface area contributed by atoms with Gasteiger partial charge in [0.05, 0.1) is 4.47 Å². The van der Waals surface area contributed by atoms with E-state index in [1.54, 1.807) is 18.2 Å². The van der Waals surface area contributed by atoms with Gasteiger partial charge in [-0.1, -0.05) is 48.0 Å². The number of hydrogen-bond donors (Lipinski definition) is 2. The molecule has 0 unspecified atom stereocenters. The Morgan fingerprint density at radius 2 is 1.94 bits per heavy atom. The van der Waals surface area contributed by atoms with E-state index in [1.165, 1.54) is 0 Å². The van der Waals surface area contributed by atoms with Gasteiger partial charge in [-0.2, -0.15) is 5.26 Å². The van der Waals surface area contributed by atoms with Gasteiger partial charge in [0.2, 0.25) is 0 Å². The summed E-state index contributed by atoms with van der Waals surface area (Å²) in [5.41, 5.74) is 3.94. The molecule has 4 rings (SSSR count). The van der Waals surface area contributed by atoms with Gasteiger partial charge >= 0.3 is 0 Å². The summed E-state index contributed by atoms with van der Waals surface area (Å²) < 4.78 is 6.59. The van der Waals surface area contributed by atoms with Crippen LogP contribution in [0.5, 0.6) is 5.75 Å². The Bertz CT molecular complexity index is 1390. The fraction of sp³-hybridized carbons (Fsp3) is 0.111. The Hall–Kier alpha value is -3.53. The Balaban J connectivity index is 1.36. The predicted molar refractivity (Wildman–Crippen MR) is 139 cm³/mol. The molecule has 0 aliphatic heterocycles. The second-order valence-electron chi connectivity index (χ2n) is 7.64. The number of H-pyrrole nitrogens is 1. The van der Waals surface area contributed by atoms with E-state index in [1.807, 2.05) is 66.9 Å². The number of aromatic amines is 1. The Morgan fingerprint density at radius 1 is 1.15 bits per heavy atom. The van der Waals surface area contributed by atoms with Crippen LogP contribution in [-0.4, -0.2) is 17.4 Å². The molecule has 170 valence electrons. The van der Waals surface area contributed by atoms with E-state index in [4.69, 9.17) is 16.3 Å². The molecule has 1 heterocycles. The lowest BCUT2D eigenvalue weighted by Gasteiger charge is -2.09. The number of nitrogens with one attached hydrogen (secondary N) is 2. The fourth-order valence-electron chi connectivity index (χ4n) is 3.53. The molecule has 0 saturated heterocycles. The van der Waals surface area contributed by atoms with Crippen molar-refractivity contribution in [1.82, 2.24) is 10.3 Å². The maximum absolute atomic E-state index is 12.6. The first-order valence-corrected chi connectivity index (χ1v) is 11.8. The third-order valence-corrected chi connectivity index (χ3v) is 6.17. The highest BCUT2D eigenvalue weighted by Crippen LogP contribution is 2.28. The Kier molecular flexibility index (Phi) is 7.69. The number of amides is 1. The van der Waals surface area contributed by atoms with Gasteiger partial charge in [0.15, 0.2) is 0 Å². The minimum atomic E-state index is -0.401. The van der Waals surface area contributed by atoms with Crippen LogP contribution in [0.2, 0.25) is 5.02 Å². The summed E-state index contributed by atoms with van der Waals surface area (Å²) in [4.78, 5) is 15.8. The van der Waals surface area contributed by atoms with Crippen molar-refractivity contribution in [2.45, 2.75) is 13.0 Å². The molecular weight excluding hydrogens is 514 g/mol. The molecule has 0 atom stereocenters. The zero-order chi connectivity index (χ0) is 23.9. The Labute approximate surface area is 211 Å². The molecule has 0 aliphatic rings. The van der Waals surface area contributed by atoms with Crippen molar-refractivity contribution < 1.29 is 9.53 Å². The zero-order valence-electron chi connectivity index (χ0n) is 18.1. The summed E-state index contributed by atoms with van der Waals surface area (Å²) in [5, 5.41) is 14.2. The molecule has 2 N–H and O–H groups in total. The normalized spacial score (nSPS) is 11.3. The van der Waals surface area contributed by atoms with Gasteiger partial charge in [0.25, 0.3) is 5.91 Å². The van der Waals surface area contributed by atoms with E-state index in [0.717, 1.165) is 26.5 Å². The fourth-order valence-corrected chi connectivity index (χ4v) is 4.16. The molecule has 5 nitrogen and oxygen atoms in total. The van der Waals surface area contributed by atoms with Gasteiger partial charge in [0, 0.05) is 28.7 Å². The van der Waals surface area contributed by atoms with E-state index in [0.29, 0.717) is 35.9 Å². The van der Waals surface area contributed by atoms with Crippen LogP contribution in [0.15, 0.2) is 83.0 Å². The molecular formula is C27H21BrClN3O2. The lowest BCUT2D eigenvalue weighted by Crippen LogP contribution is -2.26. The SMILES string of the molecule is N#C/C(=C/c1ccc(OCc2ccc(Cl)cc2)c(Br)c1)C(=O)NCCc1c[nH]c2ccccc12. The van der Waals surface area contributed by atoms with Crippen LogP contribution in [0.1, 0.15) is 16.7 Å². The smallest absolute Gasteiger partial charge is 0.261 e. The van der Waals surface area contributed by atoms with E-state index < -0.39 is 5.91 Å². The summed E-state index contributed by atoms with van der Waals surface area (Å²) in [6.07, 6.45) is 4.18. The number of ether oxygens (including phenoxy) is 1. The van der Waals surface area contributed by atoms with Crippen LogP contribution >= 0.6 is 27.5 Å². The summed E-state index contributed by atoms with van der Waals surface area (Å²) in [6, 6.07) is 22.9. The van der Waals surface area contributed by atoms with Crippen molar-refractivity contribution in [3.05, 3.63) is 105 Å². The summed E-state index contributed by atoms with van der Waals surface area (Å²) in [5.74, 6) is 0.260. The number of para-hydroxylation sites is 1. The number of halogens is 2. The first-order valence-electron chi connectivity index (χ1n) is 10.7. The topological polar surface area (TPSA) is 77.9 Å². The number of carbonyl (C=O) groups is 1. The zero-order valence-corrected chi connectivity index (χ0v) is 20.5. The first kappa shape index (κ1) is 23.6. The molecule has 1 aromatic heterocycles. The molecule has 0 radical (unpaired) electrons. The van der Waals surface area contributed by atoms with E-state index >= 15 is 0 Å². The average Bonchev–Trinajstić information content (AvgIpc) is 3.26. The second kappa shape index (κ2) is 11.1. The van der Waals surface area contributed by atoms with Gasteiger partial charge in [-0.25, -0.2) is 0 Å². The van der Waals surface area contributed by atoms with Gasteiger partial charge in [-0.3, -0.25) is 4.79 Å². The average molecular weight is 535 g/mol. The number of nitriles is 1.